The molecule has 0 atom stereocenters. The van der Waals surface area contributed by atoms with E-state index in [0.717, 1.165) is 30.0 Å². The number of hydrogen-bond acceptors (Lipinski definition) is 3. The number of benzene rings is 1. The smallest absolute Gasteiger partial charge is 0.139 e. The molecule has 1 aromatic carbocycles. The van der Waals surface area contributed by atoms with Gasteiger partial charge in [0.05, 0.1) is 0 Å². The zero-order valence-electron chi connectivity index (χ0n) is 10.5. The van der Waals surface area contributed by atoms with Gasteiger partial charge in [0.15, 0.2) is 0 Å². The van der Waals surface area contributed by atoms with E-state index in [-0.39, 0.29) is 0 Å². The van der Waals surface area contributed by atoms with Gasteiger partial charge >= 0.3 is 0 Å². The van der Waals surface area contributed by atoms with E-state index in [0.29, 0.717) is 0 Å². The van der Waals surface area contributed by atoms with Crippen molar-refractivity contribution >= 4 is 17.0 Å². The fraction of sp³-hybridized carbons (Fsp3) is 0.133. The third-order valence-electron chi connectivity index (χ3n) is 3.08. The van der Waals surface area contributed by atoms with Gasteiger partial charge in [-0.05, 0) is 40.9 Å². The summed E-state index contributed by atoms with van der Waals surface area (Å²) in [4.78, 5) is 4.44. The Morgan fingerprint density at radius 3 is 3.00 bits per heavy atom. The molecular formula is C15H15N3S. The molecule has 0 saturated heterocycles. The average Bonchev–Trinajstić information content (AvgIpc) is 3.08. The molecule has 0 radical (unpaired) electrons. The van der Waals surface area contributed by atoms with Crippen LogP contribution in [0.1, 0.15) is 5.56 Å². The van der Waals surface area contributed by atoms with Crippen LogP contribution in [0.25, 0.3) is 11.4 Å². The maximum absolute atomic E-state index is 5.83. The molecule has 0 aliphatic rings. The molecule has 19 heavy (non-hydrogen) atoms. The van der Waals surface area contributed by atoms with Gasteiger partial charge in [-0.2, -0.15) is 11.3 Å². The van der Waals surface area contributed by atoms with Gasteiger partial charge in [0.25, 0.3) is 0 Å². The van der Waals surface area contributed by atoms with Crippen LogP contribution in [-0.4, -0.2) is 9.55 Å². The van der Waals surface area contributed by atoms with Crippen LogP contribution in [0.2, 0.25) is 0 Å². The first-order valence-electron chi connectivity index (χ1n) is 6.21. The normalized spacial score (nSPS) is 10.7. The van der Waals surface area contributed by atoms with Gasteiger partial charge in [0.2, 0.25) is 0 Å². The predicted octanol–water partition coefficient (Wildman–Crippen LogP) is 3.44. The Kier molecular flexibility index (Phi) is 3.33. The molecule has 4 heteroatoms. The number of imidazole rings is 1. The van der Waals surface area contributed by atoms with E-state index in [1.54, 1.807) is 11.3 Å². The van der Waals surface area contributed by atoms with E-state index >= 15 is 0 Å². The highest BCUT2D eigenvalue weighted by atomic mass is 32.1. The molecule has 2 N–H and O–H groups in total. The van der Waals surface area contributed by atoms with Crippen molar-refractivity contribution in [1.82, 2.24) is 9.55 Å². The number of rotatable bonds is 4. The molecule has 2 aromatic heterocycles. The molecule has 0 aliphatic carbocycles. The van der Waals surface area contributed by atoms with Gasteiger partial charge < -0.3 is 10.3 Å². The number of nitrogen functional groups attached to an aromatic ring is 1. The largest absolute Gasteiger partial charge is 0.399 e. The Balaban J connectivity index is 1.82. The maximum Gasteiger partial charge on any atom is 0.139 e. The van der Waals surface area contributed by atoms with E-state index in [2.05, 4.69) is 26.4 Å². The Hall–Kier alpha value is -2.07. The summed E-state index contributed by atoms with van der Waals surface area (Å²) in [7, 11) is 0. The second-order valence-electron chi connectivity index (χ2n) is 4.45. The first-order chi connectivity index (χ1) is 9.33. The second-order valence-corrected chi connectivity index (χ2v) is 5.23. The van der Waals surface area contributed by atoms with Gasteiger partial charge in [0.1, 0.15) is 5.82 Å². The molecule has 0 unspecified atom stereocenters. The molecule has 96 valence electrons. The minimum absolute atomic E-state index is 0.768. The first-order valence-corrected chi connectivity index (χ1v) is 7.15. The Labute approximate surface area is 116 Å². The van der Waals surface area contributed by atoms with Crippen molar-refractivity contribution in [3.05, 3.63) is 59.0 Å². The fourth-order valence-electron chi connectivity index (χ4n) is 2.11. The summed E-state index contributed by atoms with van der Waals surface area (Å²) in [6, 6.07) is 10.0. The third kappa shape index (κ3) is 2.69. The molecule has 3 aromatic rings. The van der Waals surface area contributed by atoms with Crippen LogP contribution in [0, 0.1) is 0 Å². The van der Waals surface area contributed by atoms with Crippen molar-refractivity contribution in [3.63, 3.8) is 0 Å². The number of nitrogens with two attached hydrogens (primary N) is 1. The minimum atomic E-state index is 0.768. The average molecular weight is 269 g/mol. The quantitative estimate of drug-likeness (QED) is 0.737. The van der Waals surface area contributed by atoms with Crippen LogP contribution in [0.5, 0.6) is 0 Å². The number of thiophene rings is 1. The zero-order chi connectivity index (χ0) is 13.1. The topological polar surface area (TPSA) is 43.8 Å². The molecule has 0 saturated carbocycles. The predicted molar refractivity (Wildman–Crippen MR) is 80.1 cm³/mol. The highest BCUT2D eigenvalue weighted by Gasteiger charge is 2.06. The minimum Gasteiger partial charge on any atom is -0.399 e. The monoisotopic (exact) mass is 269 g/mol. The van der Waals surface area contributed by atoms with E-state index in [9.17, 15) is 0 Å². The SMILES string of the molecule is Nc1cccc(-c2nccn2CCc2ccsc2)c1. The Bertz CT molecular complexity index is 656. The molecule has 0 fully saturated rings. The molecule has 0 spiro atoms. The van der Waals surface area contributed by atoms with Crippen molar-refractivity contribution in [3.8, 4) is 11.4 Å². The van der Waals surface area contributed by atoms with Gasteiger partial charge in [-0.3, -0.25) is 0 Å². The number of aryl methyl sites for hydroxylation is 2. The Morgan fingerprint density at radius 1 is 1.26 bits per heavy atom. The van der Waals surface area contributed by atoms with Crippen molar-refractivity contribution < 1.29 is 0 Å². The van der Waals surface area contributed by atoms with Gasteiger partial charge in [-0.25, -0.2) is 4.98 Å². The lowest BCUT2D eigenvalue weighted by Gasteiger charge is -2.07. The fourth-order valence-corrected chi connectivity index (χ4v) is 2.82. The molecule has 0 bridgehead atoms. The van der Waals surface area contributed by atoms with Crippen LogP contribution in [-0.2, 0) is 13.0 Å². The van der Waals surface area contributed by atoms with Crippen molar-refractivity contribution in [2.24, 2.45) is 0 Å². The van der Waals surface area contributed by atoms with Crippen molar-refractivity contribution in [1.29, 1.82) is 0 Å². The van der Waals surface area contributed by atoms with E-state index < -0.39 is 0 Å². The lowest BCUT2D eigenvalue weighted by molar-refractivity contribution is 0.704. The van der Waals surface area contributed by atoms with Crippen LogP contribution in [0.15, 0.2) is 53.5 Å². The third-order valence-corrected chi connectivity index (χ3v) is 3.81. The molecule has 3 nitrogen and oxygen atoms in total. The highest BCUT2D eigenvalue weighted by molar-refractivity contribution is 7.07. The summed E-state index contributed by atoms with van der Waals surface area (Å²) in [5.41, 5.74) is 9.04. The molecule has 0 aliphatic heterocycles. The van der Waals surface area contributed by atoms with E-state index in [4.69, 9.17) is 5.73 Å². The summed E-state index contributed by atoms with van der Waals surface area (Å²) in [5.74, 6) is 0.975. The maximum atomic E-state index is 5.83. The molecule has 2 heterocycles. The van der Waals surface area contributed by atoms with Gasteiger partial charge in [-0.15, -0.1) is 0 Å². The summed E-state index contributed by atoms with van der Waals surface area (Å²) in [5, 5.41) is 4.30. The molecular weight excluding hydrogens is 254 g/mol. The Morgan fingerprint density at radius 2 is 2.21 bits per heavy atom. The number of anilines is 1. The molecule has 0 amide bonds. The zero-order valence-corrected chi connectivity index (χ0v) is 11.3. The van der Waals surface area contributed by atoms with Gasteiger partial charge in [-0.1, -0.05) is 12.1 Å². The molecule has 3 rings (SSSR count). The van der Waals surface area contributed by atoms with E-state index in [1.807, 2.05) is 36.7 Å². The second kappa shape index (κ2) is 5.28. The highest BCUT2D eigenvalue weighted by Crippen LogP contribution is 2.20. The standard InChI is InChI=1S/C15H15N3S/c16-14-3-1-2-13(10-14)15-17-6-8-18(15)7-4-12-5-9-19-11-12/h1-3,5-6,8-11H,4,7,16H2. The summed E-state index contributed by atoms with van der Waals surface area (Å²) in [6.07, 6.45) is 4.88. The van der Waals surface area contributed by atoms with Crippen molar-refractivity contribution in [2.45, 2.75) is 13.0 Å². The lowest BCUT2D eigenvalue weighted by atomic mass is 10.2. The van der Waals surface area contributed by atoms with Gasteiger partial charge in [0, 0.05) is 30.2 Å². The lowest BCUT2D eigenvalue weighted by Crippen LogP contribution is -2.02. The number of nitrogens with zero attached hydrogens (tertiary/aromatic N) is 2. The van der Waals surface area contributed by atoms with Crippen LogP contribution >= 0.6 is 11.3 Å². The number of aromatic nitrogens is 2. The summed E-state index contributed by atoms with van der Waals surface area (Å²) >= 11 is 1.74. The first kappa shape index (κ1) is 12.0. The van der Waals surface area contributed by atoms with Crippen molar-refractivity contribution in [2.75, 3.05) is 5.73 Å². The van der Waals surface area contributed by atoms with Crippen LogP contribution in [0.3, 0.4) is 0 Å². The summed E-state index contributed by atoms with van der Waals surface area (Å²) in [6.45, 7) is 0.931. The van der Waals surface area contributed by atoms with E-state index in [1.165, 1.54) is 5.56 Å². The summed E-state index contributed by atoms with van der Waals surface area (Å²) < 4.78 is 2.17. The number of hydrogen-bond donors (Lipinski definition) is 1. The van der Waals surface area contributed by atoms with Crippen LogP contribution in [0.4, 0.5) is 5.69 Å². The van der Waals surface area contributed by atoms with Crippen LogP contribution < -0.4 is 5.73 Å².